The number of carbonyl (C=O) groups is 1. The fourth-order valence-corrected chi connectivity index (χ4v) is 4.82. The molecule has 2 N–H and O–H groups in total. The maximum atomic E-state index is 13.2. The molecular formula is C24H28N4O4S. The Morgan fingerprint density at radius 1 is 1.21 bits per heavy atom. The largest absolute Gasteiger partial charge is 0.440 e. The number of fused-ring (bicyclic) bond motifs is 2. The first-order chi connectivity index (χ1) is 15.5. The SMILES string of the molecule is CC[C@H](C)[C@H](N=C1NS(=O)(=O)c2ccccc21)C(=O)Nc1ccc2oc(C(C)(C)C)nc2c1. The quantitative estimate of drug-likeness (QED) is 0.582. The van der Waals surface area contributed by atoms with Gasteiger partial charge in [0, 0.05) is 16.7 Å². The van der Waals surface area contributed by atoms with E-state index in [4.69, 9.17) is 4.42 Å². The molecule has 0 bridgehead atoms. The van der Waals surface area contributed by atoms with Crippen LogP contribution in [0.5, 0.6) is 0 Å². The Balaban J connectivity index is 1.64. The third-order valence-corrected chi connectivity index (χ3v) is 7.08. The zero-order valence-electron chi connectivity index (χ0n) is 19.3. The smallest absolute Gasteiger partial charge is 0.263 e. The van der Waals surface area contributed by atoms with Crippen molar-refractivity contribution in [2.24, 2.45) is 10.9 Å². The number of carbonyl (C=O) groups excluding carboxylic acids is 1. The second kappa shape index (κ2) is 8.30. The molecule has 0 aliphatic carbocycles. The molecule has 33 heavy (non-hydrogen) atoms. The van der Waals surface area contributed by atoms with Gasteiger partial charge >= 0.3 is 0 Å². The Hall–Kier alpha value is -3.20. The third-order valence-electron chi connectivity index (χ3n) is 5.68. The minimum absolute atomic E-state index is 0.113. The number of nitrogens with zero attached hydrogens (tertiary/aromatic N) is 2. The van der Waals surface area contributed by atoms with Gasteiger partial charge in [0.1, 0.15) is 17.4 Å². The average Bonchev–Trinajstić information content (AvgIpc) is 3.30. The maximum Gasteiger partial charge on any atom is 0.263 e. The van der Waals surface area contributed by atoms with Crippen LogP contribution in [-0.2, 0) is 20.2 Å². The lowest BCUT2D eigenvalue weighted by molar-refractivity contribution is -0.118. The lowest BCUT2D eigenvalue weighted by Crippen LogP contribution is -2.34. The minimum Gasteiger partial charge on any atom is -0.440 e. The molecule has 0 saturated heterocycles. The number of aromatic nitrogens is 1. The Morgan fingerprint density at radius 3 is 2.64 bits per heavy atom. The van der Waals surface area contributed by atoms with E-state index >= 15 is 0 Å². The molecule has 1 amide bonds. The first-order valence-corrected chi connectivity index (χ1v) is 12.4. The number of nitrogens with one attached hydrogen (secondary N) is 2. The first-order valence-electron chi connectivity index (χ1n) is 10.9. The number of rotatable bonds is 5. The number of amides is 1. The van der Waals surface area contributed by atoms with Gasteiger partial charge in [-0.05, 0) is 36.2 Å². The number of anilines is 1. The Labute approximate surface area is 193 Å². The van der Waals surface area contributed by atoms with Gasteiger partial charge in [0.15, 0.2) is 5.58 Å². The maximum absolute atomic E-state index is 13.2. The van der Waals surface area contributed by atoms with Crippen LogP contribution in [0.15, 0.2) is 56.8 Å². The number of aliphatic imine (C=N–C) groups is 1. The summed E-state index contributed by atoms with van der Waals surface area (Å²) in [5.74, 6) is 0.377. The molecule has 2 heterocycles. The van der Waals surface area contributed by atoms with Gasteiger partial charge in [-0.2, -0.15) is 0 Å². The van der Waals surface area contributed by atoms with Crippen LogP contribution in [0.4, 0.5) is 5.69 Å². The molecule has 8 nitrogen and oxygen atoms in total. The summed E-state index contributed by atoms with van der Waals surface area (Å²) in [4.78, 5) is 22.5. The summed E-state index contributed by atoms with van der Waals surface area (Å²) in [6.45, 7) is 9.94. The van der Waals surface area contributed by atoms with Gasteiger partial charge in [0.05, 0.1) is 4.90 Å². The van der Waals surface area contributed by atoms with Gasteiger partial charge in [0.25, 0.3) is 10.0 Å². The summed E-state index contributed by atoms with van der Waals surface area (Å²) >= 11 is 0. The number of amidine groups is 1. The number of hydrogen-bond acceptors (Lipinski definition) is 6. The molecule has 0 spiro atoms. The number of sulfonamides is 1. The van der Waals surface area contributed by atoms with Crippen molar-refractivity contribution in [3.05, 3.63) is 53.9 Å². The molecule has 1 aliphatic rings. The highest BCUT2D eigenvalue weighted by Gasteiger charge is 2.33. The Kier molecular flexibility index (Phi) is 5.78. The van der Waals surface area contributed by atoms with Crippen LogP contribution in [-0.4, -0.2) is 31.2 Å². The second-order valence-electron chi connectivity index (χ2n) is 9.35. The zero-order valence-corrected chi connectivity index (χ0v) is 20.2. The van der Waals surface area contributed by atoms with Crippen LogP contribution in [0.25, 0.3) is 11.1 Å². The topological polar surface area (TPSA) is 114 Å². The Bertz CT molecular complexity index is 1350. The van der Waals surface area contributed by atoms with Crippen molar-refractivity contribution in [2.75, 3.05) is 5.32 Å². The van der Waals surface area contributed by atoms with Crippen LogP contribution in [0, 0.1) is 5.92 Å². The standard InChI is InChI=1S/C24H28N4O4S/c1-6-14(2)20(27-21-16-9-7-8-10-19(16)33(30,31)28-21)22(29)25-15-11-12-18-17(13-15)26-23(32-18)24(3,4)5/h7-14,20H,6H2,1-5H3,(H,25,29)(H,27,28)/t14-,20-/m0/s1. The van der Waals surface area contributed by atoms with E-state index in [1.807, 2.05) is 34.6 Å². The summed E-state index contributed by atoms with van der Waals surface area (Å²) in [6.07, 6.45) is 0.695. The molecular weight excluding hydrogens is 440 g/mol. The predicted molar refractivity (Wildman–Crippen MR) is 128 cm³/mol. The van der Waals surface area contributed by atoms with Crippen molar-refractivity contribution in [1.29, 1.82) is 0 Å². The highest BCUT2D eigenvalue weighted by atomic mass is 32.2. The number of benzene rings is 2. The van der Waals surface area contributed by atoms with Gasteiger partial charge in [-0.1, -0.05) is 53.2 Å². The summed E-state index contributed by atoms with van der Waals surface area (Å²) in [5.41, 5.74) is 2.11. The second-order valence-corrected chi connectivity index (χ2v) is 11.0. The minimum atomic E-state index is -3.68. The van der Waals surface area contributed by atoms with Crippen molar-refractivity contribution >= 4 is 38.6 Å². The molecule has 1 aliphatic heterocycles. The summed E-state index contributed by atoms with van der Waals surface area (Å²) in [5, 5.41) is 2.91. The van der Waals surface area contributed by atoms with Gasteiger partial charge in [-0.15, -0.1) is 0 Å². The molecule has 0 radical (unpaired) electrons. The molecule has 1 aromatic heterocycles. The van der Waals surface area contributed by atoms with E-state index in [-0.39, 0.29) is 28.0 Å². The predicted octanol–water partition coefficient (Wildman–Crippen LogP) is 4.22. The zero-order chi connectivity index (χ0) is 24.0. The monoisotopic (exact) mass is 468 g/mol. The molecule has 2 aromatic carbocycles. The van der Waals surface area contributed by atoms with Gasteiger partial charge in [-0.25, -0.2) is 13.4 Å². The van der Waals surface area contributed by atoms with Gasteiger partial charge in [-0.3, -0.25) is 14.5 Å². The van der Waals surface area contributed by atoms with E-state index in [0.717, 1.165) is 0 Å². The lowest BCUT2D eigenvalue weighted by atomic mass is 9.97. The van der Waals surface area contributed by atoms with Crippen LogP contribution >= 0.6 is 0 Å². The first kappa shape index (κ1) is 23.0. The molecule has 0 saturated carbocycles. The third kappa shape index (κ3) is 4.50. The average molecular weight is 469 g/mol. The summed E-state index contributed by atoms with van der Waals surface area (Å²) in [6, 6.07) is 11.1. The summed E-state index contributed by atoms with van der Waals surface area (Å²) < 4.78 is 33.2. The molecule has 4 rings (SSSR count). The molecule has 3 aromatic rings. The van der Waals surface area contributed by atoms with Crippen molar-refractivity contribution in [2.45, 2.75) is 57.4 Å². The van der Waals surface area contributed by atoms with Crippen LogP contribution < -0.4 is 10.0 Å². The summed E-state index contributed by atoms with van der Waals surface area (Å²) in [7, 11) is -3.68. The lowest BCUT2D eigenvalue weighted by Gasteiger charge is -2.19. The highest BCUT2D eigenvalue weighted by molar-refractivity contribution is 7.90. The van der Waals surface area contributed by atoms with E-state index < -0.39 is 16.1 Å². The van der Waals surface area contributed by atoms with E-state index in [0.29, 0.717) is 34.7 Å². The van der Waals surface area contributed by atoms with E-state index in [9.17, 15) is 13.2 Å². The fraction of sp³-hybridized carbons (Fsp3) is 0.375. The van der Waals surface area contributed by atoms with Crippen LogP contribution in [0.1, 0.15) is 52.5 Å². The van der Waals surface area contributed by atoms with E-state index in [1.165, 1.54) is 6.07 Å². The molecule has 0 fully saturated rings. The normalized spacial score (nSPS) is 18.0. The molecule has 2 atom stereocenters. The van der Waals surface area contributed by atoms with Crippen LogP contribution in [0.3, 0.4) is 0 Å². The molecule has 174 valence electrons. The van der Waals surface area contributed by atoms with Crippen molar-refractivity contribution < 1.29 is 17.6 Å². The van der Waals surface area contributed by atoms with Crippen molar-refractivity contribution in [3.8, 4) is 0 Å². The fourth-order valence-electron chi connectivity index (χ4n) is 3.58. The van der Waals surface area contributed by atoms with Gasteiger partial charge < -0.3 is 9.73 Å². The van der Waals surface area contributed by atoms with Gasteiger partial charge in [0.2, 0.25) is 11.8 Å². The molecule has 9 heteroatoms. The van der Waals surface area contributed by atoms with E-state index in [1.54, 1.807) is 36.4 Å². The van der Waals surface area contributed by atoms with Crippen molar-refractivity contribution in [1.82, 2.24) is 9.71 Å². The van der Waals surface area contributed by atoms with Crippen molar-refractivity contribution in [3.63, 3.8) is 0 Å². The highest BCUT2D eigenvalue weighted by Crippen LogP contribution is 2.28. The Morgan fingerprint density at radius 2 is 1.94 bits per heavy atom. The van der Waals surface area contributed by atoms with E-state index in [2.05, 4.69) is 20.0 Å². The molecule has 0 unspecified atom stereocenters. The number of oxazole rings is 1. The number of hydrogen-bond donors (Lipinski definition) is 2. The van der Waals surface area contributed by atoms with Crippen LogP contribution in [0.2, 0.25) is 0 Å².